The van der Waals surface area contributed by atoms with Gasteiger partial charge in [0.25, 0.3) is 0 Å². The summed E-state index contributed by atoms with van der Waals surface area (Å²) >= 11 is 9.30. The maximum Gasteiger partial charge on any atom is 0.337 e. The molecule has 0 saturated carbocycles. The highest BCUT2D eigenvalue weighted by Gasteiger charge is 2.11. The third kappa shape index (κ3) is 3.11. The molecule has 6 heteroatoms. The quantitative estimate of drug-likeness (QED) is 0.921. The summed E-state index contributed by atoms with van der Waals surface area (Å²) in [4.78, 5) is 10.9. The Bertz CT molecular complexity index is 624. The first-order chi connectivity index (χ1) is 9.01. The van der Waals surface area contributed by atoms with Gasteiger partial charge in [0.2, 0.25) is 0 Å². The average molecular weight is 345 g/mol. The summed E-state index contributed by atoms with van der Waals surface area (Å²) in [5.74, 6) is -0.251. The Morgan fingerprint density at radius 2 is 2.21 bits per heavy atom. The van der Waals surface area contributed by atoms with Crippen LogP contribution >= 0.6 is 27.5 Å². The van der Waals surface area contributed by atoms with Gasteiger partial charge in [-0.2, -0.15) is 0 Å². The molecule has 0 bridgehead atoms. The fraction of sp³-hybridized carbons (Fsp3) is 0.154. The van der Waals surface area contributed by atoms with E-state index in [0.29, 0.717) is 21.9 Å². The molecule has 1 aromatic heterocycles. The molecule has 19 heavy (non-hydrogen) atoms. The lowest BCUT2D eigenvalue weighted by molar-refractivity contribution is 0.0697. The van der Waals surface area contributed by atoms with E-state index in [1.54, 1.807) is 42.1 Å². The molecule has 0 fully saturated rings. The molecule has 1 aromatic carbocycles. The standard InChI is InChI=1S/C13H11BrClNO3/c1-19-11-3-2-10(15)4-8(11)6-16-7-9(13(17)18)5-12(16)14/h2-5,7H,6H2,1H3,(H,17,18). The van der Waals surface area contributed by atoms with Gasteiger partial charge in [-0.15, -0.1) is 0 Å². The number of carboxylic acid groups (broad SMARTS) is 1. The number of benzene rings is 1. The summed E-state index contributed by atoms with van der Waals surface area (Å²) in [7, 11) is 1.58. The molecule has 0 unspecified atom stereocenters. The molecular weight excluding hydrogens is 334 g/mol. The fourth-order valence-corrected chi connectivity index (χ4v) is 2.44. The molecule has 0 aliphatic rings. The van der Waals surface area contributed by atoms with Crippen molar-refractivity contribution in [3.05, 3.63) is 51.2 Å². The molecule has 0 amide bonds. The maximum atomic E-state index is 10.9. The van der Waals surface area contributed by atoms with Crippen LogP contribution in [0.1, 0.15) is 15.9 Å². The van der Waals surface area contributed by atoms with Crippen LogP contribution in [0.3, 0.4) is 0 Å². The second kappa shape index (κ2) is 5.67. The lowest BCUT2D eigenvalue weighted by atomic mass is 10.2. The Hall–Kier alpha value is -1.46. The molecule has 0 aliphatic carbocycles. The average Bonchev–Trinajstić information content (AvgIpc) is 2.72. The van der Waals surface area contributed by atoms with Crippen LogP contribution in [-0.4, -0.2) is 22.8 Å². The number of hydrogen-bond acceptors (Lipinski definition) is 2. The molecule has 1 heterocycles. The van der Waals surface area contributed by atoms with Gasteiger partial charge in [-0.25, -0.2) is 4.79 Å². The number of hydrogen-bond donors (Lipinski definition) is 1. The van der Waals surface area contributed by atoms with Crippen molar-refractivity contribution in [1.82, 2.24) is 4.57 Å². The topological polar surface area (TPSA) is 51.5 Å². The fourth-order valence-electron chi connectivity index (χ4n) is 1.77. The van der Waals surface area contributed by atoms with Crippen LogP contribution in [-0.2, 0) is 6.54 Å². The highest BCUT2D eigenvalue weighted by atomic mass is 79.9. The van der Waals surface area contributed by atoms with E-state index in [-0.39, 0.29) is 5.56 Å². The summed E-state index contributed by atoms with van der Waals surface area (Å²) in [6.07, 6.45) is 1.56. The van der Waals surface area contributed by atoms with Crippen molar-refractivity contribution in [3.63, 3.8) is 0 Å². The van der Waals surface area contributed by atoms with E-state index in [9.17, 15) is 4.79 Å². The third-order valence-corrected chi connectivity index (χ3v) is 3.59. The van der Waals surface area contributed by atoms with Crippen LogP contribution in [0, 0.1) is 0 Å². The van der Waals surface area contributed by atoms with E-state index in [4.69, 9.17) is 21.4 Å². The minimum absolute atomic E-state index is 0.230. The molecule has 2 aromatic rings. The van der Waals surface area contributed by atoms with Crippen LogP contribution in [0.25, 0.3) is 0 Å². The van der Waals surface area contributed by atoms with Crippen molar-refractivity contribution in [1.29, 1.82) is 0 Å². The number of nitrogens with zero attached hydrogens (tertiary/aromatic N) is 1. The number of methoxy groups -OCH3 is 1. The number of aromatic nitrogens is 1. The van der Waals surface area contributed by atoms with E-state index < -0.39 is 5.97 Å². The minimum atomic E-state index is -0.961. The summed E-state index contributed by atoms with van der Waals surface area (Å²) in [6.45, 7) is 0.470. The van der Waals surface area contributed by atoms with Crippen molar-refractivity contribution < 1.29 is 14.6 Å². The van der Waals surface area contributed by atoms with Crippen molar-refractivity contribution in [3.8, 4) is 5.75 Å². The zero-order chi connectivity index (χ0) is 14.0. The van der Waals surface area contributed by atoms with Crippen LogP contribution in [0.15, 0.2) is 35.1 Å². The highest BCUT2D eigenvalue weighted by molar-refractivity contribution is 9.10. The van der Waals surface area contributed by atoms with Gasteiger partial charge in [-0.05, 0) is 40.2 Å². The molecule has 4 nitrogen and oxygen atoms in total. The third-order valence-electron chi connectivity index (χ3n) is 2.67. The first-order valence-corrected chi connectivity index (χ1v) is 6.59. The molecule has 0 saturated heterocycles. The number of carbonyl (C=O) groups is 1. The van der Waals surface area contributed by atoms with E-state index in [0.717, 1.165) is 5.56 Å². The second-order valence-electron chi connectivity index (χ2n) is 3.94. The predicted octanol–water partition coefficient (Wildman–Crippen LogP) is 3.66. The van der Waals surface area contributed by atoms with Gasteiger partial charge in [0, 0.05) is 16.8 Å². The van der Waals surface area contributed by atoms with Gasteiger partial charge in [-0.1, -0.05) is 11.6 Å². The number of rotatable bonds is 4. The largest absolute Gasteiger partial charge is 0.496 e. The first-order valence-electron chi connectivity index (χ1n) is 5.42. The number of aromatic carboxylic acids is 1. The smallest absolute Gasteiger partial charge is 0.337 e. The summed E-state index contributed by atoms with van der Waals surface area (Å²) in [6, 6.07) is 6.89. The zero-order valence-electron chi connectivity index (χ0n) is 10.1. The van der Waals surface area contributed by atoms with Gasteiger partial charge in [0.1, 0.15) is 5.75 Å². The van der Waals surface area contributed by atoms with E-state index >= 15 is 0 Å². The molecule has 0 aliphatic heterocycles. The molecule has 0 spiro atoms. The molecule has 1 N–H and O–H groups in total. The Kier molecular flexibility index (Phi) is 4.17. The number of carboxylic acids is 1. The Labute approximate surface area is 123 Å². The lowest BCUT2D eigenvalue weighted by Gasteiger charge is -2.10. The predicted molar refractivity (Wildman–Crippen MR) is 76.2 cm³/mol. The summed E-state index contributed by atoms with van der Waals surface area (Å²) in [5.41, 5.74) is 1.11. The van der Waals surface area contributed by atoms with Crippen LogP contribution in [0.5, 0.6) is 5.75 Å². The van der Waals surface area contributed by atoms with Crippen LogP contribution < -0.4 is 4.74 Å². The molecule has 0 radical (unpaired) electrons. The molecule has 2 rings (SSSR count). The lowest BCUT2D eigenvalue weighted by Crippen LogP contribution is -2.01. The van der Waals surface area contributed by atoms with Crippen molar-refractivity contribution in [2.24, 2.45) is 0 Å². The van der Waals surface area contributed by atoms with Crippen LogP contribution in [0.2, 0.25) is 5.02 Å². The van der Waals surface area contributed by atoms with Crippen LogP contribution in [0.4, 0.5) is 0 Å². The van der Waals surface area contributed by atoms with Crippen molar-refractivity contribution >= 4 is 33.5 Å². The Morgan fingerprint density at radius 3 is 2.79 bits per heavy atom. The monoisotopic (exact) mass is 343 g/mol. The van der Waals surface area contributed by atoms with Gasteiger partial charge < -0.3 is 14.4 Å². The molecule has 0 atom stereocenters. The van der Waals surface area contributed by atoms with Gasteiger partial charge in [0.15, 0.2) is 0 Å². The normalized spacial score (nSPS) is 10.5. The minimum Gasteiger partial charge on any atom is -0.496 e. The van der Waals surface area contributed by atoms with Crippen molar-refractivity contribution in [2.75, 3.05) is 7.11 Å². The van der Waals surface area contributed by atoms with Crippen molar-refractivity contribution in [2.45, 2.75) is 6.54 Å². The van der Waals surface area contributed by atoms with Gasteiger partial charge >= 0.3 is 5.97 Å². The highest BCUT2D eigenvalue weighted by Crippen LogP contribution is 2.25. The van der Waals surface area contributed by atoms with E-state index in [1.165, 1.54) is 0 Å². The summed E-state index contributed by atoms with van der Waals surface area (Å²) < 4.78 is 7.73. The SMILES string of the molecule is COc1ccc(Cl)cc1Cn1cc(C(=O)O)cc1Br. The Balaban J connectivity index is 2.35. The van der Waals surface area contributed by atoms with Gasteiger partial charge in [-0.3, -0.25) is 0 Å². The van der Waals surface area contributed by atoms with E-state index in [2.05, 4.69) is 15.9 Å². The molecular formula is C13H11BrClNO3. The zero-order valence-corrected chi connectivity index (χ0v) is 12.4. The number of ether oxygens (including phenoxy) is 1. The van der Waals surface area contributed by atoms with E-state index in [1.807, 2.05) is 0 Å². The number of halogens is 2. The Morgan fingerprint density at radius 1 is 1.47 bits per heavy atom. The first kappa shape index (κ1) is 14.0. The molecule has 100 valence electrons. The summed E-state index contributed by atoms with van der Waals surface area (Å²) in [5, 5.41) is 9.56. The van der Waals surface area contributed by atoms with Gasteiger partial charge in [0.05, 0.1) is 23.8 Å². The second-order valence-corrected chi connectivity index (χ2v) is 5.19. The maximum absolute atomic E-state index is 10.9.